The van der Waals surface area contributed by atoms with Crippen molar-refractivity contribution >= 4 is 17.9 Å². The highest BCUT2D eigenvalue weighted by atomic mass is 16.4. The summed E-state index contributed by atoms with van der Waals surface area (Å²) in [6, 6.07) is -1.44. The van der Waals surface area contributed by atoms with Gasteiger partial charge >= 0.3 is 12.0 Å². The third kappa shape index (κ3) is 5.58. The summed E-state index contributed by atoms with van der Waals surface area (Å²) in [6.07, 6.45) is 1.95. The van der Waals surface area contributed by atoms with E-state index in [1.165, 1.54) is 0 Å². The SMILES string of the molecule is CC(C)(C)C(NC(=O)NCC(=O)NC1CC1)C(=O)O. The molecule has 1 aliphatic carbocycles. The summed E-state index contributed by atoms with van der Waals surface area (Å²) in [5.41, 5.74) is -0.612. The van der Waals surface area contributed by atoms with E-state index in [4.69, 9.17) is 5.11 Å². The maximum absolute atomic E-state index is 11.5. The van der Waals surface area contributed by atoms with E-state index in [-0.39, 0.29) is 18.5 Å². The molecule has 19 heavy (non-hydrogen) atoms. The highest BCUT2D eigenvalue weighted by Gasteiger charge is 2.32. The molecule has 3 amide bonds. The number of urea groups is 1. The molecule has 0 spiro atoms. The number of rotatable bonds is 5. The monoisotopic (exact) mass is 271 g/mol. The van der Waals surface area contributed by atoms with Crippen molar-refractivity contribution in [2.24, 2.45) is 5.41 Å². The molecule has 0 saturated heterocycles. The molecule has 0 radical (unpaired) electrons. The molecule has 0 heterocycles. The Labute approximate surface area is 112 Å². The molecule has 1 unspecified atom stereocenters. The van der Waals surface area contributed by atoms with Crippen LogP contribution in [0.1, 0.15) is 33.6 Å². The second-order valence-corrected chi connectivity index (χ2v) is 5.81. The third-order valence-corrected chi connectivity index (χ3v) is 2.74. The van der Waals surface area contributed by atoms with Crippen molar-refractivity contribution in [3.8, 4) is 0 Å². The third-order valence-electron chi connectivity index (χ3n) is 2.74. The van der Waals surface area contributed by atoms with Gasteiger partial charge in [0.05, 0.1) is 6.54 Å². The number of carboxylic acid groups (broad SMARTS) is 1. The van der Waals surface area contributed by atoms with Crippen LogP contribution in [0.15, 0.2) is 0 Å². The zero-order valence-corrected chi connectivity index (χ0v) is 11.4. The average Bonchev–Trinajstić information content (AvgIpc) is 3.04. The summed E-state index contributed by atoms with van der Waals surface area (Å²) in [6.45, 7) is 4.99. The van der Waals surface area contributed by atoms with Crippen LogP contribution in [0.25, 0.3) is 0 Å². The molecule has 0 aromatic heterocycles. The number of carbonyl (C=O) groups excluding carboxylic acids is 2. The Morgan fingerprint density at radius 2 is 1.84 bits per heavy atom. The number of amides is 3. The minimum atomic E-state index is -1.11. The Morgan fingerprint density at radius 3 is 2.26 bits per heavy atom. The van der Waals surface area contributed by atoms with Crippen LogP contribution < -0.4 is 16.0 Å². The molecule has 0 aromatic rings. The molecule has 4 N–H and O–H groups in total. The van der Waals surface area contributed by atoms with Crippen molar-refractivity contribution in [3.05, 3.63) is 0 Å². The van der Waals surface area contributed by atoms with Gasteiger partial charge in [-0.05, 0) is 18.3 Å². The van der Waals surface area contributed by atoms with Gasteiger partial charge < -0.3 is 21.1 Å². The lowest BCUT2D eigenvalue weighted by Crippen LogP contribution is -2.53. The van der Waals surface area contributed by atoms with Gasteiger partial charge in [0.25, 0.3) is 0 Å². The van der Waals surface area contributed by atoms with Gasteiger partial charge in [-0.2, -0.15) is 0 Å². The number of carboxylic acids is 1. The van der Waals surface area contributed by atoms with Crippen molar-refractivity contribution in [2.45, 2.75) is 45.7 Å². The Bertz CT molecular complexity index is 372. The summed E-state index contributed by atoms with van der Waals surface area (Å²) in [7, 11) is 0. The number of hydrogen-bond acceptors (Lipinski definition) is 3. The minimum Gasteiger partial charge on any atom is -0.480 e. The molecule has 1 rings (SSSR count). The maximum atomic E-state index is 11.5. The molecule has 7 heteroatoms. The molecule has 108 valence electrons. The lowest BCUT2D eigenvalue weighted by Gasteiger charge is -2.27. The number of nitrogens with one attached hydrogen (secondary N) is 3. The Morgan fingerprint density at radius 1 is 1.26 bits per heavy atom. The quantitative estimate of drug-likeness (QED) is 0.567. The van der Waals surface area contributed by atoms with Crippen molar-refractivity contribution in [1.29, 1.82) is 0 Å². The smallest absolute Gasteiger partial charge is 0.326 e. The first-order valence-electron chi connectivity index (χ1n) is 6.26. The van der Waals surface area contributed by atoms with E-state index in [9.17, 15) is 14.4 Å². The predicted octanol–water partition coefficient (Wildman–Crippen LogP) is 0.0635. The fraction of sp³-hybridized carbons (Fsp3) is 0.750. The fourth-order valence-corrected chi connectivity index (χ4v) is 1.50. The van der Waals surface area contributed by atoms with Crippen LogP contribution in [0.4, 0.5) is 4.79 Å². The molecule has 1 atom stereocenters. The molecular formula is C12H21N3O4. The molecule has 1 aliphatic rings. The van der Waals surface area contributed by atoms with Crippen LogP contribution in [0, 0.1) is 5.41 Å². The zero-order chi connectivity index (χ0) is 14.6. The lowest BCUT2D eigenvalue weighted by atomic mass is 9.87. The van der Waals surface area contributed by atoms with Crippen molar-refractivity contribution < 1.29 is 19.5 Å². The predicted molar refractivity (Wildman–Crippen MR) is 68.6 cm³/mol. The topological polar surface area (TPSA) is 108 Å². The van der Waals surface area contributed by atoms with Gasteiger partial charge in [0, 0.05) is 6.04 Å². The van der Waals surface area contributed by atoms with Gasteiger partial charge in [-0.25, -0.2) is 9.59 Å². The first kappa shape index (κ1) is 15.3. The number of carbonyl (C=O) groups is 3. The van der Waals surface area contributed by atoms with Gasteiger partial charge in [-0.1, -0.05) is 20.8 Å². The summed E-state index contributed by atoms with van der Waals surface area (Å²) < 4.78 is 0. The van der Waals surface area contributed by atoms with E-state index in [0.717, 1.165) is 12.8 Å². The van der Waals surface area contributed by atoms with Crippen LogP contribution in [0.3, 0.4) is 0 Å². The van der Waals surface area contributed by atoms with E-state index < -0.39 is 23.5 Å². The molecule has 1 saturated carbocycles. The van der Waals surface area contributed by atoms with Crippen LogP contribution in [-0.4, -0.2) is 41.6 Å². The highest BCUT2D eigenvalue weighted by molar-refractivity contribution is 5.87. The van der Waals surface area contributed by atoms with Gasteiger partial charge in [0.1, 0.15) is 6.04 Å². The van der Waals surface area contributed by atoms with Crippen molar-refractivity contribution in [2.75, 3.05) is 6.54 Å². The first-order valence-corrected chi connectivity index (χ1v) is 6.26. The molecule has 7 nitrogen and oxygen atoms in total. The van der Waals surface area contributed by atoms with E-state index in [1.807, 2.05) is 0 Å². The second-order valence-electron chi connectivity index (χ2n) is 5.81. The van der Waals surface area contributed by atoms with Crippen molar-refractivity contribution in [3.63, 3.8) is 0 Å². The lowest BCUT2D eigenvalue weighted by molar-refractivity contribution is -0.141. The summed E-state index contributed by atoms with van der Waals surface area (Å²) >= 11 is 0. The molecule has 1 fully saturated rings. The van der Waals surface area contributed by atoms with Crippen LogP contribution in [0.2, 0.25) is 0 Å². The van der Waals surface area contributed by atoms with Crippen LogP contribution in [-0.2, 0) is 9.59 Å². The van der Waals surface area contributed by atoms with E-state index in [1.54, 1.807) is 20.8 Å². The Balaban J connectivity index is 2.35. The Kier molecular flexibility index (Phi) is 4.74. The van der Waals surface area contributed by atoms with E-state index in [2.05, 4.69) is 16.0 Å². The van der Waals surface area contributed by atoms with Gasteiger partial charge in [-0.3, -0.25) is 4.79 Å². The summed E-state index contributed by atoms with van der Waals surface area (Å²) in [4.78, 5) is 33.9. The standard InChI is InChI=1S/C12H21N3O4/c1-12(2,3)9(10(17)18)15-11(19)13-6-8(16)14-7-4-5-7/h7,9H,4-6H2,1-3H3,(H,14,16)(H,17,18)(H2,13,15,19). The molecule has 0 bridgehead atoms. The normalized spacial score (nSPS) is 16.4. The summed E-state index contributed by atoms with van der Waals surface area (Å²) in [5, 5.41) is 16.5. The second kappa shape index (κ2) is 5.90. The van der Waals surface area contributed by atoms with Crippen LogP contribution >= 0.6 is 0 Å². The maximum Gasteiger partial charge on any atom is 0.326 e. The fourth-order valence-electron chi connectivity index (χ4n) is 1.50. The molecule has 0 aliphatic heterocycles. The largest absolute Gasteiger partial charge is 0.480 e. The van der Waals surface area contributed by atoms with Gasteiger partial charge in [-0.15, -0.1) is 0 Å². The van der Waals surface area contributed by atoms with E-state index in [0.29, 0.717) is 0 Å². The van der Waals surface area contributed by atoms with Crippen molar-refractivity contribution in [1.82, 2.24) is 16.0 Å². The first-order chi connectivity index (χ1) is 8.70. The van der Waals surface area contributed by atoms with Crippen LogP contribution in [0.5, 0.6) is 0 Å². The zero-order valence-electron chi connectivity index (χ0n) is 11.4. The summed E-state index contributed by atoms with van der Waals surface area (Å²) in [5.74, 6) is -1.37. The molecular weight excluding hydrogens is 250 g/mol. The van der Waals surface area contributed by atoms with Gasteiger partial charge in [0.15, 0.2) is 0 Å². The highest BCUT2D eigenvalue weighted by Crippen LogP contribution is 2.19. The molecule has 0 aromatic carbocycles. The van der Waals surface area contributed by atoms with Gasteiger partial charge in [0.2, 0.25) is 5.91 Å². The average molecular weight is 271 g/mol. The number of aliphatic carboxylic acids is 1. The van der Waals surface area contributed by atoms with E-state index >= 15 is 0 Å². The number of hydrogen-bond donors (Lipinski definition) is 4. The minimum absolute atomic E-state index is 0.154. The Hall–Kier alpha value is -1.79.